The molecule has 0 bridgehead atoms. The molecule has 1 saturated heterocycles. The molecule has 1 fully saturated rings. The quantitative estimate of drug-likeness (QED) is 0.895. The number of nitrogens with one attached hydrogen (secondary N) is 1. The predicted molar refractivity (Wildman–Crippen MR) is 73.4 cm³/mol. The van der Waals surface area contributed by atoms with Crippen molar-refractivity contribution in [2.75, 3.05) is 6.54 Å². The number of nitrogens with zero attached hydrogens (tertiary/aromatic N) is 2. The Labute approximate surface area is 108 Å². The van der Waals surface area contributed by atoms with Gasteiger partial charge in [0.05, 0.1) is 12.7 Å². The van der Waals surface area contributed by atoms with Crippen molar-refractivity contribution in [1.82, 2.24) is 15.1 Å². The van der Waals surface area contributed by atoms with Crippen LogP contribution in [0.25, 0.3) is 11.1 Å². The van der Waals surface area contributed by atoms with Crippen molar-refractivity contribution in [3.05, 3.63) is 42.2 Å². The molecule has 0 amide bonds. The van der Waals surface area contributed by atoms with Crippen LogP contribution in [-0.4, -0.2) is 22.4 Å². The second kappa shape index (κ2) is 4.94. The molecule has 1 atom stereocenters. The fourth-order valence-corrected chi connectivity index (χ4v) is 2.58. The predicted octanol–water partition coefficient (Wildman–Crippen LogP) is 2.61. The number of rotatable bonds is 3. The van der Waals surface area contributed by atoms with E-state index in [4.69, 9.17) is 0 Å². The summed E-state index contributed by atoms with van der Waals surface area (Å²) in [6.45, 7) is 4.25. The molecule has 1 unspecified atom stereocenters. The lowest BCUT2D eigenvalue weighted by molar-refractivity contribution is 0.476. The summed E-state index contributed by atoms with van der Waals surface area (Å²) in [5, 5.41) is 7.96. The van der Waals surface area contributed by atoms with E-state index in [-0.39, 0.29) is 0 Å². The average Bonchev–Trinajstić information content (AvgIpc) is 3.01. The normalized spacial score (nSPS) is 19.3. The van der Waals surface area contributed by atoms with E-state index in [0.29, 0.717) is 6.04 Å². The van der Waals surface area contributed by atoms with Gasteiger partial charge in [0.15, 0.2) is 0 Å². The Morgan fingerprint density at radius 2 is 2.33 bits per heavy atom. The van der Waals surface area contributed by atoms with Crippen LogP contribution in [0, 0.1) is 6.92 Å². The lowest BCUT2D eigenvalue weighted by atomic mass is 10.1. The first kappa shape index (κ1) is 11.5. The summed E-state index contributed by atoms with van der Waals surface area (Å²) in [5.74, 6) is 0. The molecule has 2 heterocycles. The zero-order valence-corrected chi connectivity index (χ0v) is 10.8. The van der Waals surface area contributed by atoms with Crippen molar-refractivity contribution < 1.29 is 0 Å². The van der Waals surface area contributed by atoms with Crippen LogP contribution in [0.15, 0.2) is 36.7 Å². The Morgan fingerprint density at radius 1 is 1.39 bits per heavy atom. The molecule has 1 aromatic heterocycles. The van der Waals surface area contributed by atoms with E-state index in [9.17, 15) is 0 Å². The van der Waals surface area contributed by atoms with Gasteiger partial charge in [-0.05, 0) is 31.9 Å². The molecule has 2 aromatic rings. The largest absolute Gasteiger partial charge is 0.312 e. The molecule has 3 rings (SSSR count). The SMILES string of the molecule is Cc1cccc(-c2cnn(CC3CCCN3)c2)c1. The van der Waals surface area contributed by atoms with Crippen molar-refractivity contribution in [2.45, 2.75) is 32.4 Å². The zero-order valence-electron chi connectivity index (χ0n) is 10.8. The smallest absolute Gasteiger partial charge is 0.0568 e. The highest BCUT2D eigenvalue weighted by Gasteiger charge is 2.14. The second-order valence-electron chi connectivity index (χ2n) is 5.11. The van der Waals surface area contributed by atoms with Crippen LogP contribution in [0.3, 0.4) is 0 Å². The van der Waals surface area contributed by atoms with Crippen LogP contribution >= 0.6 is 0 Å². The van der Waals surface area contributed by atoms with E-state index >= 15 is 0 Å². The van der Waals surface area contributed by atoms with Crippen molar-refractivity contribution in [1.29, 1.82) is 0 Å². The maximum Gasteiger partial charge on any atom is 0.0568 e. The molecule has 1 N–H and O–H groups in total. The Hall–Kier alpha value is -1.61. The maximum atomic E-state index is 4.46. The van der Waals surface area contributed by atoms with Crippen LogP contribution in [0.1, 0.15) is 18.4 Å². The van der Waals surface area contributed by atoms with Crippen molar-refractivity contribution >= 4 is 0 Å². The van der Waals surface area contributed by atoms with Crippen LogP contribution in [0.2, 0.25) is 0 Å². The van der Waals surface area contributed by atoms with Gasteiger partial charge in [0.2, 0.25) is 0 Å². The molecule has 1 aliphatic heterocycles. The topological polar surface area (TPSA) is 29.9 Å². The molecule has 1 aromatic carbocycles. The molecular formula is C15H19N3. The molecule has 3 nitrogen and oxygen atoms in total. The molecule has 0 saturated carbocycles. The number of hydrogen-bond donors (Lipinski definition) is 1. The molecule has 0 aliphatic carbocycles. The highest BCUT2D eigenvalue weighted by molar-refractivity contribution is 5.62. The molecule has 18 heavy (non-hydrogen) atoms. The van der Waals surface area contributed by atoms with Gasteiger partial charge in [-0.25, -0.2) is 0 Å². The third-order valence-corrected chi connectivity index (χ3v) is 3.55. The minimum atomic E-state index is 0.593. The van der Waals surface area contributed by atoms with Gasteiger partial charge in [0, 0.05) is 17.8 Å². The summed E-state index contributed by atoms with van der Waals surface area (Å²) in [5.41, 5.74) is 3.75. The molecule has 0 radical (unpaired) electrons. The molecule has 3 heteroatoms. The van der Waals surface area contributed by atoms with E-state index in [1.54, 1.807) is 0 Å². The van der Waals surface area contributed by atoms with Gasteiger partial charge >= 0.3 is 0 Å². The molecular weight excluding hydrogens is 222 g/mol. The third kappa shape index (κ3) is 2.46. The van der Waals surface area contributed by atoms with Crippen molar-refractivity contribution in [2.24, 2.45) is 0 Å². The number of aryl methyl sites for hydroxylation is 1. The lowest BCUT2D eigenvalue weighted by Gasteiger charge is -2.09. The maximum absolute atomic E-state index is 4.46. The van der Waals surface area contributed by atoms with Crippen LogP contribution < -0.4 is 5.32 Å². The van der Waals surface area contributed by atoms with Crippen LogP contribution in [0.4, 0.5) is 0 Å². The van der Waals surface area contributed by atoms with E-state index in [1.807, 2.05) is 6.20 Å². The Kier molecular flexibility index (Phi) is 3.15. The Morgan fingerprint density at radius 3 is 3.11 bits per heavy atom. The van der Waals surface area contributed by atoms with Gasteiger partial charge in [-0.3, -0.25) is 4.68 Å². The summed E-state index contributed by atoms with van der Waals surface area (Å²) >= 11 is 0. The Balaban J connectivity index is 1.76. The van der Waals surface area contributed by atoms with Gasteiger partial charge in [-0.1, -0.05) is 29.8 Å². The average molecular weight is 241 g/mol. The Bertz CT molecular complexity index is 524. The van der Waals surface area contributed by atoms with Crippen LogP contribution in [-0.2, 0) is 6.54 Å². The highest BCUT2D eigenvalue weighted by Crippen LogP contribution is 2.20. The fraction of sp³-hybridized carbons (Fsp3) is 0.400. The minimum Gasteiger partial charge on any atom is -0.312 e. The summed E-state index contributed by atoms with van der Waals surface area (Å²) in [4.78, 5) is 0. The van der Waals surface area contributed by atoms with E-state index in [1.165, 1.54) is 29.5 Å². The van der Waals surface area contributed by atoms with Gasteiger partial charge in [0.1, 0.15) is 0 Å². The highest BCUT2D eigenvalue weighted by atomic mass is 15.3. The van der Waals surface area contributed by atoms with E-state index in [0.717, 1.165) is 13.1 Å². The summed E-state index contributed by atoms with van der Waals surface area (Å²) in [6, 6.07) is 9.16. The second-order valence-corrected chi connectivity index (χ2v) is 5.11. The van der Waals surface area contributed by atoms with Crippen LogP contribution in [0.5, 0.6) is 0 Å². The first-order valence-corrected chi connectivity index (χ1v) is 6.64. The van der Waals surface area contributed by atoms with E-state index < -0.39 is 0 Å². The summed E-state index contributed by atoms with van der Waals surface area (Å²) < 4.78 is 2.06. The van der Waals surface area contributed by atoms with Gasteiger partial charge in [-0.15, -0.1) is 0 Å². The van der Waals surface area contributed by atoms with Gasteiger partial charge < -0.3 is 5.32 Å². The number of benzene rings is 1. The lowest BCUT2D eigenvalue weighted by Crippen LogP contribution is -2.26. The summed E-state index contributed by atoms with van der Waals surface area (Å²) in [7, 11) is 0. The molecule has 94 valence electrons. The first-order valence-electron chi connectivity index (χ1n) is 6.64. The van der Waals surface area contributed by atoms with E-state index in [2.05, 4.69) is 52.5 Å². The number of aromatic nitrogens is 2. The van der Waals surface area contributed by atoms with Gasteiger partial charge in [-0.2, -0.15) is 5.10 Å². The van der Waals surface area contributed by atoms with Crippen molar-refractivity contribution in [3.63, 3.8) is 0 Å². The standard InChI is InChI=1S/C15H19N3/c1-12-4-2-5-13(8-12)14-9-17-18(10-14)11-15-6-3-7-16-15/h2,4-5,8-10,15-16H,3,6-7,11H2,1H3. The summed E-state index contributed by atoms with van der Waals surface area (Å²) in [6.07, 6.45) is 6.66. The van der Waals surface area contributed by atoms with Crippen molar-refractivity contribution in [3.8, 4) is 11.1 Å². The van der Waals surface area contributed by atoms with Gasteiger partial charge in [0.25, 0.3) is 0 Å². The first-order chi connectivity index (χ1) is 8.81. The minimum absolute atomic E-state index is 0.593. The fourth-order valence-electron chi connectivity index (χ4n) is 2.58. The molecule has 1 aliphatic rings. The molecule has 0 spiro atoms. The monoisotopic (exact) mass is 241 g/mol. The number of hydrogen-bond acceptors (Lipinski definition) is 2. The zero-order chi connectivity index (χ0) is 12.4. The third-order valence-electron chi connectivity index (χ3n) is 3.55.